The van der Waals surface area contributed by atoms with Gasteiger partial charge in [-0.15, -0.1) is 11.3 Å². The lowest BCUT2D eigenvalue weighted by molar-refractivity contribution is -0.130. The third-order valence-corrected chi connectivity index (χ3v) is 7.65. The van der Waals surface area contributed by atoms with Gasteiger partial charge in [-0.3, -0.25) is 4.79 Å². The van der Waals surface area contributed by atoms with Crippen LogP contribution in [0.15, 0.2) is 40.6 Å². The van der Waals surface area contributed by atoms with Crippen LogP contribution < -0.4 is 4.90 Å². The lowest BCUT2D eigenvalue weighted by Crippen LogP contribution is -2.49. The molecule has 0 aliphatic carbocycles. The fourth-order valence-electron chi connectivity index (χ4n) is 3.08. The SMILES string of the molecule is CS(=O)(=O)c1ccc2nc(N3CCN(C(=O)Cc4cccs4)CC3)sc2c1. The molecule has 9 heteroatoms. The average Bonchev–Trinajstić information content (AvgIpc) is 3.29. The first kappa shape index (κ1) is 18.4. The van der Waals surface area contributed by atoms with Gasteiger partial charge in [0.25, 0.3) is 0 Å². The van der Waals surface area contributed by atoms with Crippen molar-refractivity contribution in [2.24, 2.45) is 0 Å². The molecular weight excluding hydrogens is 402 g/mol. The molecule has 27 heavy (non-hydrogen) atoms. The first-order valence-corrected chi connectivity index (χ1v) is 12.1. The minimum absolute atomic E-state index is 0.166. The van der Waals surface area contributed by atoms with Gasteiger partial charge >= 0.3 is 0 Å². The quantitative estimate of drug-likeness (QED) is 0.648. The second-order valence-corrected chi connectivity index (χ2v) is 10.6. The molecule has 0 atom stereocenters. The van der Waals surface area contributed by atoms with Crippen LogP contribution in [0.2, 0.25) is 0 Å². The molecule has 0 bridgehead atoms. The molecule has 142 valence electrons. The summed E-state index contributed by atoms with van der Waals surface area (Å²) in [7, 11) is -3.23. The number of thiazole rings is 1. The predicted octanol–water partition coefficient (Wildman–Crippen LogP) is 2.65. The first-order valence-electron chi connectivity index (χ1n) is 8.56. The normalized spacial score (nSPS) is 15.4. The van der Waals surface area contributed by atoms with E-state index in [1.54, 1.807) is 29.5 Å². The van der Waals surface area contributed by atoms with E-state index in [9.17, 15) is 13.2 Å². The van der Waals surface area contributed by atoms with E-state index in [0.717, 1.165) is 33.3 Å². The lowest BCUT2D eigenvalue weighted by Gasteiger charge is -2.34. The maximum absolute atomic E-state index is 12.4. The zero-order valence-corrected chi connectivity index (χ0v) is 17.2. The van der Waals surface area contributed by atoms with Crippen molar-refractivity contribution in [1.29, 1.82) is 0 Å². The Hall–Kier alpha value is -1.97. The highest BCUT2D eigenvalue weighted by molar-refractivity contribution is 7.90. The molecule has 3 heterocycles. The Kier molecular flexibility index (Phi) is 4.92. The van der Waals surface area contributed by atoms with E-state index in [1.165, 1.54) is 17.6 Å². The van der Waals surface area contributed by atoms with Gasteiger partial charge in [0.1, 0.15) is 0 Å². The van der Waals surface area contributed by atoms with Crippen LogP contribution in [0.3, 0.4) is 0 Å². The van der Waals surface area contributed by atoms with E-state index in [2.05, 4.69) is 9.88 Å². The van der Waals surface area contributed by atoms with Gasteiger partial charge in [0, 0.05) is 37.3 Å². The van der Waals surface area contributed by atoms with E-state index in [1.807, 2.05) is 22.4 Å². The molecule has 1 fully saturated rings. The van der Waals surface area contributed by atoms with Crippen molar-refractivity contribution < 1.29 is 13.2 Å². The van der Waals surface area contributed by atoms with E-state index in [4.69, 9.17) is 0 Å². The minimum atomic E-state index is -3.23. The molecule has 1 aromatic carbocycles. The summed E-state index contributed by atoms with van der Waals surface area (Å²) in [6.45, 7) is 2.81. The number of piperazine rings is 1. The average molecular weight is 422 g/mol. The van der Waals surface area contributed by atoms with Crippen molar-refractivity contribution in [1.82, 2.24) is 9.88 Å². The van der Waals surface area contributed by atoms with Gasteiger partial charge in [-0.05, 0) is 29.6 Å². The summed E-state index contributed by atoms with van der Waals surface area (Å²) >= 11 is 3.10. The van der Waals surface area contributed by atoms with Crippen molar-refractivity contribution in [3.8, 4) is 0 Å². The van der Waals surface area contributed by atoms with Crippen LogP contribution in [0.5, 0.6) is 0 Å². The Morgan fingerprint density at radius 1 is 1.19 bits per heavy atom. The number of nitrogens with zero attached hydrogens (tertiary/aromatic N) is 3. The van der Waals surface area contributed by atoms with Crippen LogP contribution >= 0.6 is 22.7 Å². The van der Waals surface area contributed by atoms with Gasteiger partial charge in [-0.25, -0.2) is 13.4 Å². The van der Waals surface area contributed by atoms with E-state index in [0.29, 0.717) is 24.4 Å². The molecule has 1 saturated heterocycles. The maximum Gasteiger partial charge on any atom is 0.227 e. The van der Waals surface area contributed by atoms with Crippen molar-refractivity contribution in [2.45, 2.75) is 11.3 Å². The summed E-state index contributed by atoms with van der Waals surface area (Å²) in [6, 6.07) is 9.00. The smallest absolute Gasteiger partial charge is 0.227 e. The van der Waals surface area contributed by atoms with Gasteiger partial charge in [0.15, 0.2) is 15.0 Å². The second kappa shape index (κ2) is 7.21. The summed E-state index contributed by atoms with van der Waals surface area (Å²) in [5.74, 6) is 0.166. The van der Waals surface area contributed by atoms with Crippen LogP contribution in [0.1, 0.15) is 4.88 Å². The number of amides is 1. The van der Waals surface area contributed by atoms with Crippen LogP contribution in [-0.2, 0) is 21.1 Å². The molecular formula is C18H19N3O3S3. The predicted molar refractivity (Wildman–Crippen MR) is 110 cm³/mol. The number of sulfone groups is 1. The molecule has 6 nitrogen and oxygen atoms in total. The Labute approximate surface area is 166 Å². The van der Waals surface area contributed by atoms with E-state index >= 15 is 0 Å². The lowest BCUT2D eigenvalue weighted by atomic mass is 10.2. The number of fused-ring (bicyclic) bond motifs is 1. The number of carbonyl (C=O) groups is 1. The molecule has 0 saturated carbocycles. The monoisotopic (exact) mass is 421 g/mol. The molecule has 1 amide bonds. The molecule has 0 unspecified atom stereocenters. The number of benzene rings is 1. The Bertz CT molecular complexity index is 1070. The third-order valence-electron chi connectivity index (χ3n) is 4.59. The van der Waals surface area contributed by atoms with E-state index < -0.39 is 9.84 Å². The Morgan fingerprint density at radius 3 is 2.63 bits per heavy atom. The van der Waals surface area contributed by atoms with Gasteiger partial charge in [0.05, 0.1) is 21.5 Å². The van der Waals surface area contributed by atoms with Crippen LogP contribution in [-0.4, -0.2) is 56.6 Å². The summed E-state index contributed by atoms with van der Waals surface area (Å²) in [5.41, 5.74) is 0.804. The summed E-state index contributed by atoms with van der Waals surface area (Å²) in [4.78, 5) is 22.5. The molecule has 1 aliphatic rings. The van der Waals surface area contributed by atoms with Crippen molar-refractivity contribution in [3.05, 3.63) is 40.6 Å². The molecule has 3 aromatic rings. The molecule has 0 N–H and O–H groups in total. The number of hydrogen-bond donors (Lipinski definition) is 0. The Morgan fingerprint density at radius 2 is 1.96 bits per heavy atom. The molecule has 1 aliphatic heterocycles. The third kappa shape index (κ3) is 3.99. The molecule has 0 spiro atoms. The van der Waals surface area contributed by atoms with Crippen molar-refractivity contribution >= 4 is 53.8 Å². The summed E-state index contributed by atoms with van der Waals surface area (Å²) in [5, 5.41) is 2.86. The van der Waals surface area contributed by atoms with Gasteiger partial charge in [-0.2, -0.15) is 0 Å². The Balaban J connectivity index is 1.44. The van der Waals surface area contributed by atoms with E-state index in [-0.39, 0.29) is 5.91 Å². The number of aromatic nitrogens is 1. The topological polar surface area (TPSA) is 70.6 Å². The molecule has 0 radical (unpaired) electrons. The minimum Gasteiger partial charge on any atom is -0.345 e. The van der Waals surface area contributed by atoms with Gasteiger partial charge in [0.2, 0.25) is 5.91 Å². The van der Waals surface area contributed by atoms with Crippen LogP contribution in [0, 0.1) is 0 Å². The summed E-state index contributed by atoms with van der Waals surface area (Å²) in [6.07, 6.45) is 1.68. The van der Waals surface area contributed by atoms with Gasteiger partial charge < -0.3 is 9.80 Å². The number of carbonyl (C=O) groups excluding carboxylic acids is 1. The highest BCUT2D eigenvalue weighted by Gasteiger charge is 2.23. The fraction of sp³-hybridized carbons (Fsp3) is 0.333. The largest absolute Gasteiger partial charge is 0.345 e. The van der Waals surface area contributed by atoms with Crippen molar-refractivity contribution in [3.63, 3.8) is 0 Å². The highest BCUT2D eigenvalue weighted by Crippen LogP contribution is 2.31. The maximum atomic E-state index is 12.4. The van der Waals surface area contributed by atoms with Gasteiger partial charge in [-0.1, -0.05) is 17.4 Å². The molecule has 4 rings (SSSR count). The van der Waals surface area contributed by atoms with Crippen LogP contribution in [0.4, 0.5) is 5.13 Å². The second-order valence-electron chi connectivity index (χ2n) is 6.52. The zero-order chi connectivity index (χ0) is 19.0. The fourth-order valence-corrected chi connectivity index (χ4v) is 5.55. The number of thiophene rings is 1. The molecule has 2 aromatic heterocycles. The highest BCUT2D eigenvalue weighted by atomic mass is 32.2. The number of rotatable bonds is 4. The standard InChI is InChI=1S/C18H19N3O3S3/c1-27(23,24)14-4-5-15-16(12-14)26-18(19-15)21-8-6-20(7-9-21)17(22)11-13-3-2-10-25-13/h2-5,10,12H,6-9,11H2,1H3. The number of hydrogen-bond acceptors (Lipinski definition) is 7. The number of anilines is 1. The van der Waals surface area contributed by atoms with Crippen LogP contribution in [0.25, 0.3) is 10.2 Å². The zero-order valence-electron chi connectivity index (χ0n) is 14.8. The first-order chi connectivity index (χ1) is 12.9. The van der Waals surface area contributed by atoms with Crippen molar-refractivity contribution in [2.75, 3.05) is 37.3 Å². The summed E-state index contributed by atoms with van der Waals surface area (Å²) < 4.78 is 24.3.